The maximum absolute atomic E-state index is 11.5. The molecule has 1 aromatic carbocycles. The predicted molar refractivity (Wildman–Crippen MR) is 122 cm³/mol. The van der Waals surface area contributed by atoms with Crippen LogP contribution in [0.4, 0.5) is 0 Å². The van der Waals surface area contributed by atoms with Crippen LogP contribution < -0.4 is 0 Å². The number of carbonyl (C=O) groups is 1. The molecule has 0 aromatic heterocycles. The van der Waals surface area contributed by atoms with Gasteiger partial charge in [0.25, 0.3) is 0 Å². The van der Waals surface area contributed by atoms with Gasteiger partial charge in [-0.15, -0.1) is 0 Å². The number of benzene rings is 1. The van der Waals surface area contributed by atoms with Crippen molar-refractivity contribution < 1.29 is 15.0 Å². The number of unbranched alkanes of at least 4 members (excludes halogenated alkanes) is 5. The zero-order valence-corrected chi connectivity index (χ0v) is 18.1. The lowest BCUT2D eigenvalue weighted by atomic mass is 9.92. The maximum Gasteiger partial charge on any atom is 0.306 e. The van der Waals surface area contributed by atoms with Crippen LogP contribution in [0.3, 0.4) is 0 Å². The second-order valence-corrected chi connectivity index (χ2v) is 7.91. The van der Waals surface area contributed by atoms with Crippen molar-refractivity contribution in [2.75, 3.05) is 0 Å². The minimum absolute atomic E-state index is 0.348. The monoisotopic (exact) mass is 400 g/mol. The number of rotatable bonds is 17. The van der Waals surface area contributed by atoms with Crippen molar-refractivity contribution in [1.82, 2.24) is 0 Å². The maximum atomic E-state index is 11.5. The van der Waals surface area contributed by atoms with Crippen molar-refractivity contribution >= 4 is 5.97 Å². The minimum Gasteiger partial charge on any atom is -0.481 e. The second kappa shape index (κ2) is 17.0. The molecular weight excluding hydrogens is 360 g/mol. The number of allylic oxidation sites excluding steroid dienone is 4. The Hall–Kier alpha value is -1.87. The predicted octanol–water partition coefficient (Wildman–Crippen LogP) is 6.71. The van der Waals surface area contributed by atoms with Crippen molar-refractivity contribution in [3.63, 3.8) is 0 Å². The zero-order chi connectivity index (χ0) is 21.2. The molecule has 0 fully saturated rings. The average Bonchev–Trinajstić information content (AvgIpc) is 2.72. The van der Waals surface area contributed by atoms with Crippen LogP contribution in [-0.4, -0.2) is 22.3 Å². The molecular formula is C26H40O3. The number of aliphatic hydroxyl groups excluding tert-OH is 1. The Labute approximate surface area is 177 Å². The molecule has 0 spiro atoms. The summed E-state index contributed by atoms with van der Waals surface area (Å²) < 4.78 is 0. The van der Waals surface area contributed by atoms with E-state index in [0.29, 0.717) is 19.3 Å². The van der Waals surface area contributed by atoms with Crippen molar-refractivity contribution in [2.24, 2.45) is 5.92 Å². The van der Waals surface area contributed by atoms with Gasteiger partial charge in [0.2, 0.25) is 0 Å². The summed E-state index contributed by atoms with van der Waals surface area (Å²) in [6, 6.07) is 9.94. The number of carboxylic acid groups (broad SMARTS) is 1. The van der Waals surface area contributed by atoms with Gasteiger partial charge in [0.1, 0.15) is 0 Å². The molecule has 0 bridgehead atoms. The van der Waals surface area contributed by atoms with Crippen LogP contribution >= 0.6 is 0 Å². The lowest BCUT2D eigenvalue weighted by Crippen LogP contribution is -2.21. The number of aliphatic hydroxyl groups is 1. The Kier molecular flexibility index (Phi) is 14.8. The van der Waals surface area contributed by atoms with E-state index in [1.807, 2.05) is 30.3 Å². The van der Waals surface area contributed by atoms with Gasteiger partial charge in [0, 0.05) is 0 Å². The molecule has 2 atom stereocenters. The Morgan fingerprint density at radius 1 is 0.931 bits per heavy atom. The van der Waals surface area contributed by atoms with Gasteiger partial charge in [0.05, 0.1) is 12.0 Å². The number of hydrogen-bond acceptors (Lipinski definition) is 2. The van der Waals surface area contributed by atoms with Crippen LogP contribution in [0.25, 0.3) is 0 Å². The van der Waals surface area contributed by atoms with E-state index in [0.717, 1.165) is 37.7 Å². The van der Waals surface area contributed by atoms with Crippen LogP contribution in [0.15, 0.2) is 54.6 Å². The summed E-state index contributed by atoms with van der Waals surface area (Å²) in [5, 5.41) is 19.7. The summed E-state index contributed by atoms with van der Waals surface area (Å²) in [6.07, 6.45) is 19.8. The van der Waals surface area contributed by atoms with Gasteiger partial charge >= 0.3 is 5.97 Å². The van der Waals surface area contributed by atoms with Crippen LogP contribution in [0, 0.1) is 5.92 Å². The molecule has 0 saturated heterocycles. The highest BCUT2D eigenvalue weighted by atomic mass is 16.4. The van der Waals surface area contributed by atoms with Crippen LogP contribution in [0.1, 0.15) is 83.1 Å². The fraction of sp³-hybridized carbons (Fsp3) is 0.577. The summed E-state index contributed by atoms with van der Waals surface area (Å²) in [5.74, 6) is -1.28. The van der Waals surface area contributed by atoms with Crippen LogP contribution in [0.2, 0.25) is 0 Å². The fourth-order valence-corrected chi connectivity index (χ4v) is 3.44. The first kappa shape index (κ1) is 25.2. The Morgan fingerprint density at radius 2 is 1.59 bits per heavy atom. The van der Waals surface area contributed by atoms with E-state index in [1.54, 1.807) is 0 Å². The summed E-state index contributed by atoms with van der Waals surface area (Å²) in [5.41, 5.74) is 1.15. The number of carboxylic acids is 1. The molecule has 3 heteroatoms. The molecule has 0 heterocycles. The molecule has 0 saturated carbocycles. The van der Waals surface area contributed by atoms with E-state index >= 15 is 0 Å². The molecule has 0 amide bonds. The third-order valence-corrected chi connectivity index (χ3v) is 5.27. The fourth-order valence-electron chi connectivity index (χ4n) is 3.44. The zero-order valence-electron chi connectivity index (χ0n) is 18.1. The van der Waals surface area contributed by atoms with E-state index < -0.39 is 18.0 Å². The first-order valence-corrected chi connectivity index (χ1v) is 11.4. The van der Waals surface area contributed by atoms with E-state index in [4.69, 9.17) is 0 Å². The first-order valence-electron chi connectivity index (χ1n) is 11.4. The SMILES string of the molecule is CCCCC/C=C\C/C=C\CCCCC(O)CC(CCc1ccccc1)C(=O)O. The molecule has 29 heavy (non-hydrogen) atoms. The van der Waals surface area contributed by atoms with Gasteiger partial charge in [0.15, 0.2) is 0 Å². The quantitative estimate of drug-likeness (QED) is 0.225. The molecule has 2 unspecified atom stereocenters. The average molecular weight is 401 g/mol. The van der Waals surface area contributed by atoms with Crippen molar-refractivity contribution in [3.8, 4) is 0 Å². The summed E-state index contributed by atoms with van der Waals surface area (Å²) in [7, 11) is 0. The molecule has 0 aliphatic rings. The van der Waals surface area contributed by atoms with Gasteiger partial charge in [-0.1, -0.05) is 80.8 Å². The first-order chi connectivity index (χ1) is 14.1. The van der Waals surface area contributed by atoms with Gasteiger partial charge < -0.3 is 10.2 Å². The Balaban J connectivity index is 2.12. The second-order valence-electron chi connectivity index (χ2n) is 7.91. The van der Waals surface area contributed by atoms with Gasteiger partial charge in [-0.25, -0.2) is 0 Å². The summed E-state index contributed by atoms with van der Waals surface area (Å²) >= 11 is 0. The molecule has 0 aliphatic carbocycles. The van der Waals surface area contributed by atoms with E-state index in [2.05, 4.69) is 31.2 Å². The molecule has 1 aromatic rings. The summed E-state index contributed by atoms with van der Waals surface area (Å²) in [6.45, 7) is 2.22. The molecule has 1 rings (SSSR count). The van der Waals surface area contributed by atoms with Gasteiger partial charge in [-0.3, -0.25) is 4.79 Å². The van der Waals surface area contributed by atoms with Crippen molar-refractivity contribution in [3.05, 3.63) is 60.2 Å². The number of aliphatic carboxylic acids is 1. The number of aryl methyl sites for hydroxylation is 1. The van der Waals surface area contributed by atoms with Gasteiger partial charge in [-0.05, 0) is 63.4 Å². The molecule has 2 N–H and O–H groups in total. The Morgan fingerprint density at radius 3 is 2.21 bits per heavy atom. The van der Waals surface area contributed by atoms with Crippen molar-refractivity contribution in [2.45, 2.75) is 90.1 Å². The van der Waals surface area contributed by atoms with Crippen molar-refractivity contribution in [1.29, 1.82) is 0 Å². The van der Waals surface area contributed by atoms with E-state index in [9.17, 15) is 15.0 Å². The number of hydrogen-bond donors (Lipinski definition) is 2. The van der Waals surface area contributed by atoms with Crippen LogP contribution in [-0.2, 0) is 11.2 Å². The van der Waals surface area contributed by atoms with E-state index in [1.165, 1.54) is 25.7 Å². The smallest absolute Gasteiger partial charge is 0.306 e. The molecule has 3 nitrogen and oxygen atoms in total. The third kappa shape index (κ3) is 13.9. The summed E-state index contributed by atoms with van der Waals surface area (Å²) in [4.78, 5) is 11.5. The van der Waals surface area contributed by atoms with Gasteiger partial charge in [-0.2, -0.15) is 0 Å². The minimum atomic E-state index is -0.800. The molecule has 162 valence electrons. The van der Waals surface area contributed by atoms with Crippen LogP contribution in [0.5, 0.6) is 0 Å². The molecule has 0 radical (unpaired) electrons. The highest BCUT2D eigenvalue weighted by Gasteiger charge is 2.21. The lowest BCUT2D eigenvalue weighted by Gasteiger charge is -2.17. The topological polar surface area (TPSA) is 57.5 Å². The lowest BCUT2D eigenvalue weighted by molar-refractivity contribution is -0.143. The molecule has 0 aliphatic heterocycles. The third-order valence-electron chi connectivity index (χ3n) is 5.27. The highest BCUT2D eigenvalue weighted by molar-refractivity contribution is 5.70. The highest BCUT2D eigenvalue weighted by Crippen LogP contribution is 2.19. The normalized spacial score (nSPS) is 13.9. The Bertz CT molecular complexity index is 577. The van der Waals surface area contributed by atoms with E-state index in [-0.39, 0.29) is 0 Å². The standard InChI is InChI=1S/C26H40O3/c1-2-3-4-5-6-7-8-9-10-11-12-16-19-25(27)22-24(26(28)29)21-20-23-17-14-13-15-18-23/h6-7,9-10,13-15,17-18,24-25,27H,2-5,8,11-12,16,19-22H2,1H3,(H,28,29)/b7-6-,10-9-. The largest absolute Gasteiger partial charge is 0.481 e.